The summed E-state index contributed by atoms with van der Waals surface area (Å²) in [4.78, 5) is 24.7. The van der Waals surface area contributed by atoms with Gasteiger partial charge in [0.25, 0.3) is 5.56 Å². The van der Waals surface area contributed by atoms with E-state index in [2.05, 4.69) is 15.0 Å². The Bertz CT molecular complexity index is 1430. The van der Waals surface area contributed by atoms with E-state index in [1.165, 1.54) is 10.6 Å². The SMILES string of the molecule is Cc1ccc(-c2nc(N3CCOC(c4cnn(C)c4)C3)cc3nc(C)n(C)c(=O)c23)c(F)c1. The molecule has 1 fully saturated rings. The maximum atomic E-state index is 15.0. The predicted molar refractivity (Wildman–Crippen MR) is 124 cm³/mol. The predicted octanol–water partition coefficient (Wildman–Crippen LogP) is 3.06. The van der Waals surface area contributed by atoms with E-state index in [-0.39, 0.29) is 17.2 Å². The van der Waals surface area contributed by atoms with Crippen LogP contribution < -0.4 is 10.5 Å². The van der Waals surface area contributed by atoms with Crippen LogP contribution in [0.3, 0.4) is 0 Å². The van der Waals surface area contributed by atoms with Crippen LogP contribution in [0.25, 0.3) is 22.2 Å². The van der Waals surface area contributed by atoms with Gasteiger partial charge in [0.1, 0.15) is 23.6 Å². The third-order valence-electron chi connectivity index (χ3n) is 6.14. The van der Waals surface area contributed by atoms with Gasteiger partial charge >= 0.3 is 0 Å². The van der Waals surface area contributed by atoms with Crippen LogP contribution in [0.2, 0.25) is 0 Å². The summed E-state index contributed by atoms with van der Waals surface area (Å²) in [6.07, 6.45) is 3.57. The summed E-state index contributed by atoms with van der Waals surface area (Å²) in [5.74, 6) is 0.795. The van der Waals surface area contributed by atoms with Gasteiger partial charge in [0.2, 0.25) is 0 Å². The molecular formula is C24H25FN6O2. The average Bonchev–Trinajstić information content (AvgIpc) is 3.23. The summed E-state index contributed by atoms with van der Waals surface area (Å²) < 4.78 is 24.2. The van der Waals surface area contributed by atoms with Gasteiger partial charge in [-0.05, 0) is 31.5 Å². The van der Waals surface area contributed by atoms with Crippen molar-refractivity contribution in [2.24, 2.45) is 14.1 Å². The quantitative estimate of drug-likeness (QED) is 0.479. The number of nitrogens with zero attached hydrogens (tertiary/aromatic N) is 6. The molecule has 4 aromatic rings. The van der Waals surface area contributed by atoms with Gasteiger partial charge in [-0.15, -0.1) is 0 Å². The lowest BCUT2D eigenvalue weighted by atomic mass is 10.0. The maximum Gasteiger partial charge on any atom is 0.263 e. The summed E-state index contributed by atoms with van der Waals surface area (Å²) in [6, 6.07) is 6.75. The zero-order valence-electron chi connectivity index (χ0n) is 19.0. The van der Waals surface area contributed by atoms with Crippen molar-refractivity contribution >= 4 is 16.7 Å². The first-order chi connectivity index (χ1) is 15.8. The van der Waals surface area contributed by atoms with E-state index < -0.39 is 5.82 Å². The Morgan fingerprint density at radius 3 is 2.70 bits per heavy atom. The molecule has 8 nitrogen and oxygen atoms in total. The standard InChI is InChI=1S/C24H25FN6O2/c1-14-5-6-17(18(25)9-14)23-22-19(27-15(2)30(4)24(22)32)10-21(28-23)31-7-8-33-20(13-31)16-11-26-29(3)12-16/h5-6,9-12,20H,7-8,13H2,1-4H3. The highest BCUT2D eigenvalue weighted by Gasteiger charge is 2.26. The molecule has 1 atom stereocenters. The summed E-state index contributed by atoms with van der Waals surface area (Å²) >= 11 is 0. The Morgan fingerprint density at radius 1 is 1.15 bits per heavy atom. The fourth-order valence-electron chi connectivity index (χ4n) is 4.22. The summed E-state index contributed by atoms with van der Waals surface area (Å²) in [6.45, 7) is 5.29. The van der Waals surface area contributed by atoms with Crippen molar-refractivity contribution in [3.05, 3.63) is 69.8 Å². The van der Waals surface area contributed by atoms with Crippen molar-refractivity contribution in [2.75, 3.05) is 24.6 Å². The average molecular weight is 449 g/mol. The highest BCUT2D eigenvalue weighted by Crippen LogP contribution is 2.32. The van der Waals surface area contributed by atoms with Gasteiger partial charge in [-0.3, -0.25) is 14.0 Å². The zero-order chi connectivity index (χ0) is 23.3. The molecule has 0 saturated carbocycles. The molecule has 5 rings (SSSR count). The second-order valence-corrected chi connectivity index (χ2v) is 8.48. The van der Waals surface area contributed by atoms with E-state index in [0.29, 0.717) is 47.9 Å². The highest BCUT2D eigenvalue weighted by atomic mass is 19.1. The molecule has 0 aliphatic carbocycles. The molecule has 1 aromatic carbocycles. The molecule has 9 heteroatoms. The molecule has 0 amide bonds. The van der Waals surface area contributed by atoms with Crippen LogP contribution in [0.4, 0.5) is 10.2 Å². The topological polar surface area (TPSA) is 78.1 Å². The molecule has 33 heavy (non-hydrogen) atoms. The molecule has 1 aliphatic heterocycles. The number of anilines is 1. The molecule has 0 radical (unpaired) electrons. The number of aromatic nitrogens is 5. The molecule has 4 heterocycles. The number of fused-ring (bicyclic) bond motifs is 1. The number of hydrogen-bond donors (Lipinski definition) is 0. The first-order valence-electron chi connectivity index (χ1n) is 10.8. The molecule has 0 spiro atoms. The largest absolute Gasteiger partial charge is 0.370 e. The molecule has 3 aromatic heterocycles. The van der Waals surface area contributed by atoms with Crippen molar-refractivity contribution in [3.63, 3.8) is 0 Å². The van der Waals surface area contributed by atoms with Gasteiger partial charge < -0.3 is 9.64 Å². The van der Waals surface area contributed by atoms with Gasteiger partial charge in [-0.1, -0.05) is 6.07 Å². The number of halogens is 1. The number of benzene rings is 1. The summed E-state index contributed by atoms with van der Waals surface area (Å²) in [7, 11) is 3.53. The summed E-state index contributed by atoms with van der Waals surface area (Å²) in [5.41, 5.74) is 2.62. The van der Waals surface area contributed by atoms with E-state index >= 15 is 4.39 Å². The minimum Gasteiger partial charge on any atom is -0.370 e. The third kappa shape index (κ3) is 3.78. The Balaban J connectivity index is 1.67. The van der Waals surface area contributed by atoms with E-state index in [1.54, 1.807) is 30.9 Å². The van der Waals surface area contributed by atoms with Crippen LogP contribution in [-0.4, -0.2) is 44.0 Å². The maximum absolute atomic E-state index is 15.0. The van der Waals surface area contributed by atoms with Gasteiger partial charge in [-0.2, -0.15) is 5.10 Å². The number of rotatable bonds is 3. The molecule has 0 N–H and O–H groups in total. The van der Waals surface area contributed by atoms with Crippen molar-refractivity contribution in [2.45, 2.75) is 20.0 Å². The summed E-state index contributed by atoms with van der Waals surface area (Å²) in [5, 5.41) is 4.55. The third-order valence-corrected chi connectivity index (χ3v) is 6.14. The molecule has 1 aliphatic rings. The van der Waals surface area contributed by atoms with Crippen LogP contribution in [0.1, 0.15) is 23.1 Å². The first kappa shape index (κ1) is 21.3. The number of ether oxygens (including phenoxy) is 1. The van der Waals surface area contributed by atoms with Crippen molar-refractivity contribution in [3.8, 4) is 11.3 Å². The molecule has 1 unspecified atom stereocenters. The van der Waals surface area contributed by atoms with Crippen LogP contribution in [0, 0.1) is 19.7 Å². The Kier molecular flexibility index (Phi) is 5.20. The smallest absolute Gasteiger partial charge is 0.263 e. The van der Waals surface area contributed by atoms with Gasteiger partial charge in [0.05, 0.1) is 29.4 Å². The highest BCUT2D eigenvalue weighted by molar-refractivity contribution is 5.93. The van der Waals surface area contributed by atoms with Gasteiger partial charge in [0, 0.05) is 50.6 Å². The second-order valence-electron chi connectivity index (χ2n) is 8.48. The lowest BCUT2D eigenvalue weighted by Crippen LogP contribution is -2.39. The fraction of sp³-hybridized carbons (Fsp3) is 0.333. The Labute approximate surface area is 190 Å². The van der Waals surface area contributed by atoms with Gasteiger partial charge in [0.15, 0.2) is 0 Å². The number of pyridine rings is 1. The molecular weight excluding hydrogens is 423 g/mol. The molecule has 0 bridgehead atoms. The fourth-order valence-corrected chi connectivity index (χ4v) is 4.22. The second kappa shape index (κ2) is 8.08. The minimum absolute atomic E-state index is 0.164. The van der Waals surface area contributed by atoms with Crippen molar-refractivity contribution < 1.29 is 9.13 Å². The van der Waals surface area contributed by atoms with E-state index in [4.69, 9.17) is 9.72 Å². The minimum atomic E-state index is -0.418. The zero-order valence-corrected chi connectivity index (χ0v) is 19.0. The van der Waals surface area contributed by atoms with Crippen LogP contribution in [0.5, 0.6) is 0 Å². The monoisotopic (exact) mass is 448 g/mol. The molecule has 170 valence electrons. The number of hydrogen-bond acceptors (Lipinski definition) is 6. The first-order valence-corrected chi connectivity index (χ1v) is 10.8. The van der Waals surface area contributed by atoms with Crippen LogP contribution in [-0.2, 0) is 18.8 Å². The Morgan fingerprint density at radius 2 is 1.97 bits per heavy atom. The van der Waals surface area contributed by atoms with E-state index in [1.807, 2.05) is 32.3 Å². The lowest BCUT2D eigenvalue weighted by Gasteiger charge is -2.33. The lowest BCUT2D eigenvalue weighted by molar-refractivity contribution is 0.0395. The molecule has 1 saturated heterocycles. The van der Waals surface area contributed by atoms with Crippen LogP contribution in [0.15, 0.2) is 41.5 Å². The van der Waals surface area contributed by atoms with E-state index in [9.17, 15) is 4.79 Å². The number of morpholine rings is 1. The number of aryl methyl sites for hydroxylation is 3. The normalized spacial score (nSPS) is 16.5. The van der Waals surface area contributed by atoms with Crippen LogP contribution >= 0.6 is 0 Å². The van der Waals surface area contributed by atoms with Crippen molar-refractivity contribution in [1.82, 2.24) is 24.3 Å². The van der Waals surface area contributed by atoms with Gasteiger partial charge in [-0.25, -0.2) is 14.4 Å². The van der Waals surface area contributed by atoms with Crippen molar-refractivity contribution in [1.29, 1.82) is 0 Å². The Hall–Kier alpha value is -3.59. The van der Waals surface area contributed by atoms with E-state index in [0.717, 1.165) is 11.1 Å².